The van der Waals surface area contributed by atoms with Crippen molar-refractivity contribution in [2.75, 3.05) is 12.4 Å². The van der Waals surface area contributed by atoms with Crippen LogP contribution < -0.4 is 5.32 Å². The van der Waals surface area contributed by atoms with Crippen molar-refractivity contribution in [3.05, 3.63) is 47.8 Å². The summed E-state index contributed by atoms with van der Waals surface area (Å²) in [6, 6.07) is 5.55. The quantitative estimate of drug-likeness (QED) is 0.621. The molecule has 80 valence electrons. The van der Waals surface area contributed by atoms with Crippen LogP contribution in [0.15, 0.2) is 36.4 Å². The third kappa shape index (κ3) is 4.13. The molecule has 4 heteroatoms. The Morgan fingerprint density at radius 2 is 2.27 bits per heavy atom. The van der Waals surface area contributed by atoms with Gasteiger partial charge >= 0.3 is 0 Å². The predicted molar refractivity (Wildman–Crippen MR) is 58.6 cm³/mol. The third-order valence-corrected chi connectivity index (χ3v) is 1.90. The number of nitrogens with one attached hydrogen (secondary N) is 1. The zero-order chi connectivity index (χ0) is 11.1. The largest absolute Gasteiger partial charge is 0.349 e. The summed E-state index contributed by atoms with van der Waals surface area (Å²) in [4.78, 5) is 11.4. The highest BCUT2D eigenvalue weighted by molar-refractivity contribution is 6.18. The van der Waals surface area contributed by atoms with E-state index in [9.17, 15) is 9.18 Å². The predicted octanol–water partition coefficient (Wildman–Crippen LogP) is 2.35. The Labute approximate surface area is 92.7 Å². The van der Waals surface area contributed by atoms with Gasteiger partial charge < -0.3 is 5.32 Å². The summed E-state index contributed by atoms with van der Waals surface area (Å²) in [5, 5.41) is 2.61. The molecule has 1 aromatic rings. The lowest BCUT2D eigenvalue weighted by atomic mass is 10.2. The van der Waals surface area contributed by atoms with E-state index in [2.05, 4.69) is 5.32 Å². The highest BCUT2D eigenvalue weighted by atomic mass is 35.5. The molecule has 1 N–H and O–H groups in total. The Kier molecular flexibility index (Phi) is 4.84. The normalized spacial score (nSPS) is 10.5. The molecule has 0 aromatic heterocycles. The monoisotopic (exact) mass is 227 g/mol. The van der Waals surface area contributed by atoms with Gasteiger partial charge in [0.1, 0.15) is 5.82 Å². The maximum absolute atomic E-state index is 12.8. The highest BCUT2D eigenvalue weighted by Crippen LogP contribution is 2.02. The fourth-order valence-electron chi connectivity index (χ4n) is 1.03. The van der Waals surface area contributed by atoms with Gasteiger partial charge in [-0.25, -0.2) is 4.39 Å². The second-order valence-electron chi connectivity index (χ2n) is 2.85. The van der Waals surface area contributed by atoms with Crippen LogP contribution in [0.3, 0.4) is 0 Å². The minimum Gasteiger partial charge on any atom is -0.349 e. The Morgan fingerprint density at radius 1 is 1.47 bits per heavy atom. The van der Waals surface area contributed by atoms with Crippen LogP contribution in [0.5, 0.6) is 0 Å². The molecule has 0 spiro atoms. The Balaban J connectivity index is 2.50. The minimum atomic E-state index is -0.418. The van der Waals surface area contributed by atoms with Crippen molar-refractivity contribution < 1.29 is 9.18 Å². The molecule has 0 saturated carbocycles. The van der Waals surface area contributed by atoms with E-state index < -0.39 is 5.82 Å². The number of rotatable bonds is 4. The van der Waals surface area contributed by atoms with E-state index in [-0.39, 0.29) is 5.91 Å². The van der Waals surface area contributed by atoms with E-state index in [1.165, 1.54) is 18.2 Å². The van der Waals surface area contributed by atoms with Crippen molar-refractivity contribution >= 4 is 17.5 Å². The molecule has 0 fully saturated rings. The van der Waals surface area contributed by atoms with Gasteiger partial charge in [0.15, 0.2) is 0 Å². The first-order chi connectivity index (χ1) is 7.24. The van der Waals surface area contributed by atoms with Gasteiger partial charge in [-0.05, 0) is 18.2 Å². The Bertz CT molecular complexity index is 365. The topological polar surface area (TPSA) is 29.1 Å². The van der Waals surface area contributed by atoms with Crippen LogP contribution in [0.4, 0.5) is 4.39 Å². The van der Waals surface area contributed by atoms with E-state index in [1.54, 1.807) is 18.2 Å². The number of carbonyl (C=O) groups is 1. The molecule has 0 aliphatic carbocycles. The van der Waals surface area contributed by atoms with Gasteiger partial charge in [-0.1, -0.05) is 18.2 Å². The second kappa shape index (κ2) is 6.19. The molecule has 1 amide bonds. The van der Waals surface area contributed by atoms with Gasteiger partial charge in [0, 0.05) is 18.0 Å². The number of hydrogen-bond donors (Lipinski definition) is 1. The molecule has 0 bridgehead atoms. The lowest BCUT2D eigenvalue weighted by Gasteiger charge is -2.01. The summed E-state index contributed by atoms with van der Waals surface area (Å²) in [5.41, 5.74) is 0.314. The Hall–Kier alpha value is -1.35. The summed E-state index contributed by atoms with van der Waals surface area (Å²) >= 11 is 5.41. The standard InChI is InChI=1S/C11H11ClFNO/c12-6-1-2-7-14-11(15)9-4-3-5-10(13)8-9/h1-5,8H,6-7H2,(H,14,15)/b2-1+. The fraction of sp³-hybridized carbons (Fsp3) is 0.182. The molecule has 0 atom stereocenters. The van der Waals surface area contributed by atoms with Crippen LogP contribution in [0.25, 0.3) is 0 Å². The first-order valence-corrected chi connectivity index (χ1v) is 5.02. The van der Waals surface area contributed by atoms with Gasteiger partial charge in [-0.2, -0.15) is 0 Å². The number of hydrogen-bond acceptors (Lipinski definition) is 1. The van der Waals surface area contributed by atoms with Gasteiger partial charge in [0.25, 0.3) is 5.91 Å². The number of alkyl halides is 1. The average molecular weight is 228 g/mol. The van der Waals surface area contributed by atoms with Crippen molar-refractivity contribution in [1.29, 1.82) is 0 Å². The zero-order valence-electron chi connectivity index (χ0n) is 8.04. The maximum Gasteiger partial charge on any atom is 0.251 e. The first-order valence-electron chi connectivity index (χ1n) is 4.49. The molecular weight excluding hydrogens is 217 g/mol. The Morgan fingerprint density at radius 3 is 2.93 bits per heavy atom. The summed E-state index contributed by atoms with van der Waals surface area (Å²) in [6.45, 7) is 0.391. The minimum absolute atomic E-state index is 0.297. The summed E-state index contributed by atoms with van der Waals surface area (Å²) in [7, 11) is 0. The van der Waals surface area contributed by atoms with Crippen LogP contribution in [0.1, 0.15) is 10.4 Å². The molecule has 1 rings (SSSR count). The van der Waals surface area contributed by atoms with E-state index in [0.717, 1.165) is 0 Å². The van der Waals surface area contributed by atoms with Crippen molar-refractivity contribution in [3.63, 3.8) is 0 Å². The molecule has 0 saturated heterocycles. The fourth-order valence-corrected chi connectivity index (χ4v) is 1.16. The number of benzene rings is 1. The summed E-state index contributed by atoms with van der Waals surface area (Å²) in [5.74, 6) is -0.303. The van der Waals surface area contributed by atoms with Crippen molar-refractivity contribution in [2.45, 2.75) is 0 Å². The van der Waals surface area contributed by atoms with E-state index in [1.807, 2.05) is 0 Å². The van der Waals surface area contributed by atoms with Crippen LogP contribution in [0.2, 0.25) is 0 Å². The number of amides is 1. The van der Waals surface area contributed by atoms with Crippen molar-refractivity contribution in [3.8, 4) is 0 Å². The first kappa shape index (κ1) is 11.7. The molecule has 0 aliphatic heterocycles. The number of carbonyl (C=O) groups excluding carboxylic acids is 1. The SMILES string of the molecule is O=C(NC/C=C/CCl)c1cccc(F)c1. The molecule has 0 radical (unpaired) electrons. The maximum atomic E-state index is 12.8. The smallest absolute Gasteiger partial charge is 0.251 e. The average Bonchev–Trinajstić information content (AvgIpc) is 2.24. The molecule has 0 unspecified atom stereocenters. The molecule has 15 heavy (non-hydrogen) atoms. The molecule has 1 aromatic carbocycles. The van der Waals surface area contributed by atoms with Crippen LogP contribution in [-0.2, 0) is 0 Å². The van der Waals surface area contributed by atoms with Crippen LogP contribution >= 0.6 is 11.6 Å². The van der Waals surface area contributed by atoms with Gasteiger partial charge in [0.05, 0.1) is 0 Å². The van der Waals surface area contributed by atoms with E-state index in [4.69, 9.17) is 11.6 Å². The number of allylic oxidation sites excluding steroid dienone is 1. The third-order valence-electron chi connectivity index (χ3n) is 1.72. The van der Waals surface area contributed by atoms with Crippen LogP contribution in [-0.4, -0.2) is 18.3 Å². The second-order valence-corrected chi connectivity index (χ2v) is 3.15. The molecule has 0 aliphatic rings. The van der Waals surface area contributed by atoms with Gasteiger partial charge in [0.2, 0.25) is 0 Å². The molecule has 0 heterocycles. The van der Waals surface area contributed by atoms with E-state index >= 15 is 0 Å². The van der Waals surface area contributed by atoms with Gasteiger partial charge in [-0.3, -0.25) is 4.79 Å². The highest BCUT2D eigenvalue weighted by Gasteiger charge is 2.03. The summed E-state index contributed by atoms with van der Waals surface area (Å²) < 4.78 is 12.8. The summed E-state index contributed by atoms with van der Waals surface area (Å²) in [6.07, 6.45) is 3.47. The molecular formula is C11H11ClFNO. The lowest BCUT2D eigenvalue weighted by molar-refractivity contribution is 0.0957. The zero-order valence-corrected chi connectivity index (χ0v) is 8.80. The van der Waals surface area contributed by atoms with Crippen LogP contribution in [0, 0.1) is 5.82 Å². The number of halogens is 2. The van der Waals surface area contributed by atoms with Crippen molar-refractivity contribution in [1.82, 2.24) is 5.32 Å². The molecule has 2 nitrogen and oxygen atoms in total. The van der Waals surface area contributed by atoms with Crippen molar-refractivity contribution in [2.24, 2.45) is 0 Å². The van der Waals surface area contributed by atoms with Gasteiger partial charge in [-0.15, -0.1) is 11.6 Å². The lowest BCUT2D eigenvalue weighted by Crippen LogP contribution is -2.23. The van der Waals surface area contributed by atoms with E-state index in [0.29, 0.717) is 18.0 Å².